The zero-order valence-corrected chi connectivity index (χ0v) is 23.0. The van der Waals surface area contributed by atoms with Crippen molar-refractivity contribution in [2.75, 3.05) is 11.9 Å². The molecule has 5 rings (SSSR count). The third-order valence-corrected chi connectivity index (χ3v) is 7.48. The number of benzene rings is 4. The van der Waals surface area contributed by atoms with Crippen LogP contribution in [0.25, 0.3) is 11.1 Å². The summed E-state index contributed by atoms with van der Waals surface area (Å²) in [6.45, 7) is 9.33. The summed E-state index contributed by atoms with van der Waals surface area (Å²) < 4.78 is 39.0. The predicted molar refractivity (Wildman–Crippen MR) is 154 cm³/mol. The van der Waals surface area contributed by atoms with E-state index in [0.29, 0.717) is 22.4 Å². The van der Waals surface area contributed by atoms with Crippen molar-refractivity contribution < 1.29 is 18.0 Å². The van der Waals surface area contributed by atoms with E-state index in [4.69, 9.17) is 0 Å². The van der Waals surface area contributed by atoms with Gasteiger partial charge in [0.2, 0.25) is 0 Å². The number of hydrogen-bond acceptors (Lipinski definition) is 2. The van der Waals surface area contributed by atoms with Crippen molar-refractivity contribution in [1.29, 1.82) is 0 Å². The summed E-state index contributed by atoms with van der Waals surface area (Å²) in [5.41, 5.74) is 6.76. The van der Waals surface area contributed by atoms with Gasteiger partial charge in [-0.3, -0.25) is 9.69 Å². The Morgan fingerprint density at radius 1 is 0.825 bits per heavy atom. The Kier molecular flexibility index (Phi) is 7.56. The van der Waals surface area contributed by atoms with Gasteiger partial charge in [0, 0.05) is 30.9 Å². The molecular formula is C34H33F3N2O. The lowest BCUT2D eigenvalue weighted by Gasteiger charge is -2.29. The van der Waals surface area contributed by atoms with Crippen molar-refractivity contribution in [3.63, 3.8) is 0 Å². The van der Waals surface area contributed by atoms with Crippen LogP contribution in [0.4, 0.5) is 18.9 Å². The first-order valence-electron chi connectivity index (χ1n) is 13.5. The molecule has 0 radical (unpaired) electrons. The first kappa shape index (κ1) is 27.7. The normalized spacial score (nSPS) is 14.1. The Morgan fingerprint density at radius 2 is 1.50 bits per heavy atom. The maximum atomic E-state index is 13.2. The van der Waals surface area contributed by atoms with Gasteiger partial charge >= 0.3 is 6.18 Å². The molecule has 3 nitrogen and oxygen atoms in total. The number of nitrogens with zero attached hydrogens (tertiary/aromatic N) is 1. The van der Waals surface area contributed by atoms with Crippen LogP contribution in [-0.2, 0) is 31.1 Å². The van der Waals surface area contributed by atoms with E-state index >= 15 is 0 Å². The number of halogens is 3. The van der Waals surface area contributed by atoms with Gasteiger partial charge in [0.25, 0.3) is 5.91 Å². The molecule has 6 heteroatoms. The van der Waals surface area contributed by atoms with Crippen molar-refractivity contribution in [3.05, 3.63) is 124 Å². The standard InChI is InChI=1S/C34H33F3N2O/c1-33(2,3)27-13-8-23(9-14-27)21-39-19-18-25-20-29(17-12-26(25)22-39)38-32(40)31-7-5-4-6-30(31)24-10-15-28(16-11-24)34(35,36)37/h4-17,20H,18-19,21-22H2,1-3H3,(H,38,40). The molecule has 4 aromatic carbocycles. The fourth-order valence-corrected chi connectivity index (χ4v) is 5.16. The minimum atomic E-state index is -4.41. The maximum absolute atomic E-state index is 13.2. The lowest BCUT2D eigenvalue weighted by atomic mass is 9.86. The van der Waals surface area contributed by atoms with Gasteiger partial charge in [-0.05, 0) is 75.5 Å². The van der Waals surface area contributed by atoms with Crippen molar-refractivity contribution in [3.8, 4) is 11.1 Å². The van der Waals surface area contributed by atoms with Crippen molar-refractivity contribution in [1.82, 2.24) is 4.90 Å². The van der Waals surface area contributed by atoms with Crippen LogP contribution in [0, 0.1) is 0 Å². The molecule has 0 saturated carbocycles. The molecule has 0 fully saturated rings. The Bertz CT molecular complexity index is 1500. The quantitative estimate of drug-likeness (QED) is 0.274. The van der Waals surface area contributed by atoms with Crippen molar-refractivity contribution in [2.45, 2.75) is 51.9 Å². The largest absolute Gasteiger partial charge is 0.416 e. The second-order valence-electron chi connectivity index (χ2n) is 11.5. The number of anilines is 1. The monoisotopic (exact) mass is 542 g/mol. The third kappa shape index (κ3) is 6.28. The Hall–Kier alpha value is -3.90. The van der Waals surface area contributed by atoms with Gasteiger partial charge in [0.1, 0.15) is 0 Å². The molecule has 4 aromatic rings. The minimum absolute atomic E-state index is 0.139. The summed E-state index contributed by atoms with van der Waals surface area (Å²) in [7, 11) is 0. The number of amides is 1. The summed E-state index contributed by atoms with van der Waals surface area (Å²) in [5.74, 6) is -0.299. The molecule has 1 aliphatic heterocycles. The Balaban J connectivity index is 1.26. The van der Waals surface area contributed by atoms with Crippen LogP contribution in [0.5, 0.6) is 0 Å². The average Bonchev–Trinajstić information content (AvgIpc) is 2.92. The summed E-state index contributed by atoms with van der Waals surface area (Å²) in [4.78, 5) is 15.7. The summed E-state index contributed by atoms with van der Waals surface area (Å²) >= 11 is 0. The number of carbonyl (C=O) groups is 1. The molecule has 0 atom stereocenters. The molecule has 206 valence electrons. The first-order valence-corrected chi connectivity index (χ1v) is 13.5. The predicted octanol–water partition coefficient (Wildman–Crippen LogP) is 8.48. The lowest BCUT2D eigenvalue weighted by molar-refractivity contribution is -0.137. The fourth-order valence-electron chi connectivity index (χ4n) is 5.16. The third-order valence-electron chi connectivity index (χ3n) is 7.48. The van der Waals surface area contributed by atoms with E-state index in [1.54, 1.807) is 24.3 Å². The molecule has 0 saturated heterocycles. The van der Waals surface area contributed by atoms with Crippen molar-refractivity contribution in [2.24, 2.45) is 0 Å². The number of hydrogen-bond donors (Lipinski definition) is 1. The van der Waals surface area contributed by atoms with E-state index in [1.165, 1.54) is 34.4 Å². The molecule has 0 bridgehead atoms. The topological polar surface area (TPSA) is 32.3 Å². The second-order valence-corrected chi connectivity index (χ2v) is 11.5. The molecule has 0 aliphatic carbocycles. The molecular weight excluding hydrogens is 509 g/mol. The lowest BCUT2D eigenvalue weighted by Crippen LogP contribution is -2.30. The highest BCUT2D eigenvalue weighted by Crippen LogP contribution is 2.32. The first-order chi connectivity index (χ1) is 19.0. The Morgan fingerprint density at radius 3 is 2.17 bits per heavy atom. The van der Waals surface area contributed by atoms with Gasteiger partial charge in [-0.15, -0.1) is 0 Å². The molecule has 0 unspecified atom stereocenters. The van der Waals surface area contributed by atoms with E-state index in [-0.39, 0.29) is 11.3 Å². The van der Waals surface area contributed by atoms with Gasteiger partial charge in [0.15, 0.2) is 0 Å². The van der Waals surface area contributed by atoms with E-state index in [9.17, 15) is 18.0 Å². The zero-order valence-electron chi connectivity index (χ0n) is 23.0. The smallest absolute Gasteiger partial charge is 0.322 e. The van der Waals surface area contributed by atoms with Gasteiger partial charge < -0.3 is 5.32 Å². The van der Waals surface area contributed by atoms with Crippen LogP contribution in [0.15, 0.2) is 91.0 Å². The van der Waals surface area contributed by atoms with Crippen LogP contribution in [0.2, 0.25) is 0 Å². The second kappa shape index (κ2) is 10.9. The van der Waals surface area contributed by atoms with Crippen LogP contribution in [-0.4, -0.2) is 17.4 Å². The van der Waals surface area contributed by atoms with Gasteiger partial charge in [0.05, 0.1) is 5.56 Å². The highest BCUT2D eigenvalue weighted by Gasteiger charge is 2.30. The highest BCUT2D eigenvalue weighted by atomic mass is 19.4. The van der Waals surface area contributed by atoms with Crippen LogP contribution >= 0.6 is 0 Å². The van der Waals surface area contributed by atoms with Gasteiger partial charge in [-0.2, -0.15) is 13.2 Å². The molecule has 0 aromatic heterocycles. The van der Waals surface area contributed by atoms with Crippen LogP contribution in [0.3, 0.4) is 0 Å². The number of alkyl halides is 3. The summed E-state index contributed by atoms with van der Waals surface area (Å²) in [6.07, 6.45) is -3.52. The minimum Gasteiger partial charge on any atom is -0.322 e. The molecule has 1 heterocycles. The molecule has 1 aliphatic rings. The number of rotatable bonds is 5. The summed E-state index contributed by atoms with van der Waals surface area (Å²) in [6, 6.07) is 26.7. The number of nitrogens with one attached hydrogen (secondary N) is 1. The van der Waals surface area contributed by atoms with Crippen LogP contribution < -0.4 is 5.32 Å². The van der Waals surface area contributed by atoms with Crippen molar-refractivity contribution >= 4 is 11.6 Å². The molecule has 0 spiro atoms. The zero-order chi connectivity index (χ0) is 28.5. The SMILES string of the molecule is CC(C)(C)c1ccc(CN2CCc3cc(NC(=O)c4ccccc4-c4ccc(C(F)(F)F)cc4)ccc3C2)cc1. The number of fused-ring (bicyclic) bond motifs is 1. The fraction of sp³-hybridized carbons (Fsp3) is 0.265. The Labute approximate surface area is 233 Å². The van der Waals surface area contributed by atoms with E-state index in [0.717, 1.165) is 38.2 Å². The number of carbonyl (C=O) groups excluding carboxylic acids is 1. The molecule has 1 N–H and O–H groups in total. The van der Waals surface area contributed by atoms with E-state index < -0.39 is 11.7 Å². The van der Waals surface area contributed by atoms with E-state index in [1.807, 2.05) is 12.1 Å². The molecule has 1 amide bonds. The van der Waals surface area contributed by atoms with E-state index in [2.05, 4.69) is 61.3 Å². The average molecular weight is 543 g/mol. The summed E-state index contributed by atoms with van der Waals surface area (Å²) in [5, 5.41) is 2.99. The van der Waals surface area contributed by atoms with Crippen LogP contribution in [0.1, 0.15) is 58.9 Å². The van der Waals surface area contributed by atoms with Gasteiger partial charge in [-0.1, -0.05) is 81.4 Å². The maximum Gasteiger partial charge on any atom is 0.416 e. The molecule has 40 heavy (non-hydrogen) atoms. The van der Waals surface area contributed by atoms with Gasteiger partial charge in [-0.25, -0.2) is 0 Å². The highest BCUT2D eigenvalue weighted by molar-refractivity contribution is 6.08.